The second-order valence-corrected chi connectivity index (χ2v) is 5.74. The Morgan fingerprint density at radius 2 is 2.05 bits per heavy atom. The first-order chi connectivity index (χ1) is 10.4. The second kappa shape index (κ2) is 5.27. The highest BCUT2D eigenvalue weighted by atomic mass is 15.4. The highest BCUT2D eigenvalue weighted by Gasteiger charge is 2.18. The average Bonchev–Trinajstić information content (AvgIpc) is 3.14. The topological polar surface area (TPSA) is 60.9 Å². The van der Waals surface area contributed by atoms with Crippen LogP contribution in [0.25, 0.3) is 5.78 Å². The largest absolute Gasteiger partial charge is 0.291 e. The first kappa shape index (κ1) is 12.5. The van der Waals surface area contributed by atoms with Crippen LogP contribution in [-0.4, -0.2) is 29.4 Å². The van der Waals surface area contributed by atoms with Gasteiger partial charge in [-0.05, 0) is 18.9 Å². The lowest BCUT2D eigenvalue weighted by atomic mass is 9.87. The molecule has 0 radical (unpaired) electrons. The van der Waals surface area contributed by atoms with Crippen molar-refractivity contribution in [1.29, 1.82) is 0 Å². The van der Waals surface area contributed by atoms with Gasteiger partial charge in [-0.15, -0.1) is 5.10 Å². The van der Waals surface area contributed by atoms with Crippen LogP contribution in [-0.2, 0) is 6.54 Å². The Morgan fingerprint density at radius 3 is 2.90 bits per heavy atom. The molecule has 3 aromatic heterocycles. The van der Waals surface area contributed by atoms with E-state index in [9.17, 15) is 0 Å². The molecule has 0 saturated heterocycles. The lowest BCUT2D eigenvalue weighted by Gasteiger charge is -2.18. The van der Waals surface area contributed by atoms with Crippen molar-refractivity contribution in [3.8, 4) is 0 Å². The third-order valence-corrected chi connectivity index (χ3v) is 4.19. The summed E-state index contributed by atoms with van der Waals surface area (Å²) in [6, 6.07) is 1.90. The van der Waals surface area contributed by atoms with Gasteiger partial charge in [0.15, 0.2) is 0 Å². The molecule has 3 heterocycles. The van der Waals surface area contributed by atoms with Crippen LogP contribution in [0.4, 0.5) is 0 Å². The highest BCUT2D eigenvalue weighted by molar-refractivity contribution is 5.29. The molecule has 0 N–H and O–H groups in total. The zero-order valence-corrected chi connectivity index (χ0v) is 11.9. The molecule has 6 heteroatoms. The second-order valence-electron chi connectivity index (χ2n) is 5.74. The summed E-state index contributed by atoms with van der Waals surface area (Å²) in [4.78, 5) is 8.72. The SMILES string of the molecule is c1cnc2nc(Cn3cc(C4CCCCC4)nn3)cn2c1. The van der Waals surface area contributed by atoms with Gasteiger partial charge in [-0.25, -0.2) is 14.6 Å². The predicted octanol–water partition coefficient (Wildman–Crippen LogP) is 2.42. The number of hydrogen-bond acceptors (Lipinski definition) is 4. The maximum Gasteiger partial charge on any atom is 0.233 e. The Kier molecular flexibility index (Phi) is 3.14. The molecule has 0 amide bonds. The molecule has 0 unspecified atom stereocenters. The van der Waals surface area contributed by atoms with E-state index in [0.29, 0.717) is 12.5 Å². The van der Waals surface area contributed by atoms with Gasteiger partial charge in [-0.1, -0.05) is 24.5 Å². The summed E-state index contributed by atoms with van der Waals surface area (Å²) in [5, 5.41) is 8.61. The number of aromatic nitrogens is 6. The molecular formula is C15H18N6. The Hall–Kier alpha value is -2.24. The quantitative estimate of drug-likeness (QED) is 0.740. The minimum absolute atomic E-state index is 0.593. The van der Waals surface area contributed by atoms with Crippen molar-refractivity contribution >= 4 is 5.78 Å². The summed E-state index contributed by atoms with van der Waals surface area (Å²) in [6.45, 7) is 0.642. The van der Waals surface area contributed by atoms with Gasteiger partial charge in [0.05, 0.1) is 17.9 Å². The highest BCUT2D eigenvalue weighted by Crippen LogP contribution is 2.31. The summed E-state index contributed by atoms with van der Waals surface area (Å²) >= 11 is 0. The molecule has 1 aliphatic carbocycles. The first-order valence-electron chi connectivity index (χ1n) is 7.57. The van der Waals surface area contributed by atoms with Crippen molar-refractivity contribution in [2.75, 3.05) is 0 Å². The van der Waals surface area contributed by atoms with Crippen LogP contribution in [0, 0.1) is 0 Å². The van der Waals surface area contributed by atoms with Crippen LogP contribution in [0.15, 0.2) is 30.9 Å². The van der Waals surface area contributed by atoms with E-state index >= 15 is 0 Å². The molecule has 1 fully saturated rings. The lowest BCUT2D eigenvalue weighted by Crippen LogP contribution is -2.04. The number of fused-ring (bicyclic) bond motifs is 1. The van der Waals surface area contributed by atoms with Crippen LogP contribution in [0.5, 0.6) is 0 Å². The molecule has 0 atom stereocenters. The minimum Gasteiger partial charge on any atom is -0.291 e. The molecular weight excluding hydrogens is 264 g/mol. The average molecular weight is 282 g/mol. The number of rotatable bonds is 3. The van der Waals surface area contributed by atoms with Crippen molar-refractivity contribution in [2.45, 2.75) is 44.6 Å². The molecule has 0 spiro atoms. The fraction of sp³-hybridized carbons (Fsp3) is 0.467. The Morgan fingerprint density at radius 1 is 1.14 bits per heavy atom. The molecule has 6 nitrogen and oxygen atoms in total. The van der Waals surface area contributed by atoms with Crippen LogP contribution in [0.2, 0.25) is 0 Å². The molecule has 4 rings (SSSR count). The molecule has 1 saturated carbocycles. The van der Waals surface area contributed by atoms with E-state index in [1.165, 1.54) is 32.1 Å². The summed E-state index contributed by atoms with van der Waals surface area (Å²) in [7, 11) is 0. The van der Waals surface area contributed by atoms with Crippen LogP contribution >= 0.6 is 0 Å². The van der Waals surface area contributed by atoms with Gasteiger partial charge in [0, 0.05) is 30.7 Å². The van der Waals surface area contributed by atoms with E-state index < -0.39 is 0 Å². The zero-order chi connectivity index (χ0) is 14.1. The normalized spacial score (nSPS) is 16.6. The van der Waals surface area contributed by atoms with Crippen LogP contribution < -0.4 is 0 Å². The molecule has 0 aromatic carbocycles. The van der Waals surface area contributed by atoms with E-state index in [1.54, 1.807) is 6.20 Å². The first-order valence-corrected chi connectivity index (χ1v) is 7.57. The summed E-state index contributed by atoms with van der Waals surface area (Å²) in [5.74, 6) is 1.32. The molecule has 3 aromatic rings. The molecule has 21 heavy (non-hydrogen) atoms. The number of imidazole rings is 1. The number of hydrogen-bond donors (Lipinski definition) is 0. The van der Waals surface area contributed by atoms with Crippen molar-refractivity contribution in [1.82, 2.24) is 29.4 Å². The molecule has 1 aliphatic rings. The van der Waals surface area contributed by atoms with Gasteiger partial charge < -0.3 is 0 Å². The van der Waals surface area contributed by atoms with Gasteiger partial charge in [0.1, 0.15) is 0 Å². The fourth-order valence-electron chi connectivity index (χ4n) is 3.10. The van der Waals surface area contributed by atoms with Crippen molar-refractivity contribution in [2.24, 2.45) is 0 Å². The summed E-state index contributed by atoms with van der Waals surface area (Å²) < 4.78 is 3.81. The third-order valence-electron chi connectivity index (χ3n) is 4.19. The van der Waals surface area contributed by atoms with E-state index in [2.05, 4.69) is 26.5 Å². The zero-order valence-electron chi connectivity index (χ0n) is 11.9. The van der Waals surface area contributed by atoms with Crippen molar-refractivity contribution in [3.63, 3.8) is 0 Å². The molecule has 0 aliphatic heterocycles. The van der Waals surface area contributed by atoms with Crippen molar-refractivity contribution in [3.05, 3.63) is 42.2 Å². The maximum atomic E-state index is 4.49. The number of nitrogens with zero attached hydrogens (tertiary/aromatic N) is 6. The molecule has 0 bridgehead atoms. The standard InChI is InChI=1S/C15H18N6/c1-2-5-12(6-3-1)14-11-21(19-18-14)10-13-9-20-8-4-7-16-15(20)17-13/h4,7-9,11-12H,1-3,5-6,10H2. The predicted molar refractivity (Wildman–Crippen MR) is 77.9 cm³/mol. The summed E-state index contributed by atoms with van der Waals surface area (Å²) in [6.07, 6.45) is 14.3. The summed E-state index contributed by atoms with van der Waals surface area (Å²) in [5.41, 5.74) is 2.09. The minimum atomic E-state index is 0.593. The Labute approximate surface area is 122 Å². The van der Waals surface area contributed by atoms with Crippen LogP contribution in [0.3, 0.4) is 0 Å². The van der Waals surface area contributed by atoms with E-state index in [-0.39, 0.29) is 0 Å². The smallest absolute Gasteiger partial charge is 0.233 e. The third kappa shape index (κ3) is 2.53. The van der Waals surface area contributed by atoms with E-state index in [1.807, 2.05) is 27.5 Å². The van der Waals surface area contributed by atoms with Gasteiger partial charge in [0.2, 0.25) is 5.78 Å². The maximum absolute atomic E-state index is 4.49. The van der Waals surface area contributed by atoms with E-state index in [4.69, 9.17) is 0 Å². The van der Waals surface area contributed by atoms with E-state index in [0.717, 1.165) is 17.2 Å². The van der Waals surface area contributed by atoms with Crippen molar-refractivity contribution < 1.29 is 0 Å². The van der Waals surface area contributed by atoms with Gasteiger partial charge in [-0.3, -0.25) is 4.40 Å². The van der Waals surface area contributed by atoms with Gasteiger partial charge in [0.25, 0.3) is 0 Å². The van der Waals surface area contributed by atoms with Gasteiger partial charge in [-0.2, -0.15) is 0 Å². The fourth-order valence-corrected chi connectivity index (χ4v) is 3.10. The monoisotopic (exact) mass is 282 g/mol. The molecule has 108 valence electrons. The lowest BCUT2D eigenvalue weighted by molar-refractivity contribution is 0.436. The Balaban J connectivity index is 1.52. The van der Waals surface area contributed by atoms with Gasteiger partial charge >= 0.3 is 0 Å². The Bertz CT molecular complexity index is 704. The van der Waals surface area contributed by atoms with Crippen LogP contribution in [0.1, 0.15) is 49.4 Å².